The van der Waals surface area contributed by atoms with E-state index in [-0.39, 0.29) is 12.4 Å². The molecule has 8 heteroatoms. The Hall–Kier alpha value is -3.23. The number of amides is 1. The average molecular weight is 443 g/mol. The van der Waals surface area contributed by atoms with E-state index in [1.807, 2.05) is 43.3 Å². The third-order valence-electron chi connectivity index (χ3n) is 5.43. The van der Waals surface area contributed by atoms with E-state index in [0.29, 0.717) is 6.42 Å². The number of aliphatic hydroxyl groups is 1. The van der Waals surface area contributed by atoms with Gasteiger partial charge in [0.05, 0.1) is 11.5 Å². The Bertz CT molecular complexity index is 901. The highest BCUT2D eigenvalue weighted by Gasteiger charge is 2.45. The van der Waals surface area contributed by atoms with Gasteiger partial charge in [-0.05, 0) is 17.5 Å². The number of Topliss-reactive ketones (excluding diaryl/α,β-unsaturated/α-hetero) is 1. The molecule has 0 saturated carbocycles. The molecule has 32 heavy (non-hydrogen) atoms. The molecular formula is C24H30N2O6. The van der Waals surface area contributed by atoms with E-state index in [4.69, 9.17) is 4.74 Å². The first-order chi connectivity index (χ1) is 15.2. The van der Waals surface area contributed by atoms with Crippen molar-refractivity contribution in [1.29, 1.82) is 0 Å². The smallest absolute Gasteiger partial charge is 0.421 e. The number of carbonyl (C=O) groups is 3. The lowest BCUT2D eigenvalue weighted by Gasteiger charge is -2.35. The van der Waals surface area contributed by atoms with E-state index in [2.05, 4.69) is 10.9 Å². The summed E-state index contributed by atoms with van der Waals surface area (Å²) in [6.45, 7) is 4.84. The molecule has 0 heterocycles. The topological polar surface area (TPSA) is 125 Å². The van der Waals surface area contributed by atoms with Gasteiger partial charge in [0.2, 0.25) is 0 Å². The van der Waals surface area contributed by atoms with Crippen molar-refractivity contribution in [2.45, 2.75) is 51.9 Å². The second-order valence-electron chi connectivity index (χ2n) is 8.05. The van der Waals surface area contributed by atoms with Gasteiger partial charge in [-0.25, -0.2) is 10.2 Å². The molecular weight excluding hydrogens is 412 g/mol. The largest absolute Gasteiger partial charge is 0.480 e. The summed E-state index contributed by atoms with van der Waals surface area (Å²) in [5.41, 5.74) is 4.56. The van der Waals surface area contributed by atoms with Crippen molar-refractivity contribution in [3.63, 3.8) is 0 Å². The van der Waals surface area contributed by atoms with Gasteiger partial charge in [0.15, 0.2) is 6.04 Å². The first kappa shape index (κ1) is 25.0. The maximum atomic E-state index is 13.3. The number of ketones is 1. The molecule has 0 aliphatic carbocycles. The first-order valence-corrected chi connectivity index (χ1v) is 10.4. The zero-order chi connectivity index (χ0) is 23.7. The summed E-state index contributed by atoms with van der Waals surface area (Å²) in [6, 6.07) is 16.5. The number of ether oxygens (including phenoxy) is 1. The summed E-state index contributed by atoms with van der Waals surface area (Å²) < 4.78 is 5.03. The predicted octanol–water partition coefficient (Wildman–Crippen LogP) is 3.02. The van der Waals surface area contributed by atoms with E-state index >= 15 is 0 Å². The Morgan fingerprint density at radius 3 is 2.09 bits per heavy atom. The normalized spacial score (nSPS) is 14.1. The van der Waals surface area contributed by atoms with Crippen molar-refractivity contribution in [3.8, 4) is 0 Å². The van der Waals surface area contributed by atoms with Gasteiger partial charge in [-0.3, -0.25) is 15.0 Å². The summed E-state index contributed by atoms with van der Waals surface area (Å²) in [5.74, 6) is -2.22. The minimum Gasteiger partial charge on any atom is -0.480 e. The van der Waals surface area contributed by atoms with Gasteiger partial charge >= 0.3 is 12.1 Å². The second kappa shape index (κ2) is 11.4. The number of aliphatic hydroxyl groups excluding tert-OH is 1. The number of hydrazine groups is 1. The molecule has 0 radical (unpaired) electrons. The van der Waals surface area contributed by atoms with Crippen LogP contribution >= 0.6 is 0 Å². The number of aliphatic carboxylic acids is 1. The zero-order valence-corrected chi connectivity index (χ0v) is 18.4. The monoisotopic (exact) mass is 442 g/mol. The molecule has 4 N–H and O–H groups in total. The quantitative estimate of drug-likeness (QED) is 0.394. The van der Waals surface area contributed by atoms with E-state index < -0.39 is 35.5 Å². The molecule has 0 saturated heterocycles. The van der Waals surface area contributed by atoms with Crippen LogP contribution in [-0.2, 0) is 20.9 Å². The van der Waals surface area contributed by atoms with Crippen LogP contribution in [0, 0.1) is 5.41 Å². The highest BCUT2D eigenvalue weighted by Crippen LogP contribution is 2.34. The van der Waals surface area contributed by atoms with Crippen molar-refractivity contribution >= 4 is 17.8 Å². The summed E-state index contributed by atoms with van der Waals surface area (Å²) in [6.07, 6.45) is -2.04. The van der Waals surface area contributed by atoms with E-state index in [0.717, 1.165) is 11.1 Å². The number of benzene rings is 2. The standard InChI is InChI=1S/C24H30N2O6/c1-4-18(17-13-9-6-10-14-17)20(27)24(2,3)21(28)19(22(29)30)25-26-23(31)32-15-16-11-7-5-8-12-16/h5-14,18-19,21,25,28H,4,15H2,1-3H3,(H,26,31)(H,29,30). The van der Waals surface area contributed by atoms with Crippen LogP contribution in [0.1, 0.15) is 44.2 Å². The molecule has 0 spiro atoms. The summed E-state index contributed by atoms with van der Waals surface area (Å²) in [5, 5.41) is 20.4. The Morgan fingerprint density at radius 1 is 1.00 bits per heavy atom. The minimum absolute atomic E-state index is 0.00607. The van der Waals surface area contributed by atoms with Gasteiger partial charge in [0, 0.05) is 5.92 Å². The van der Waals surface area contributed by atoms with Gasteiger partial charge < -0.3 is 14.9 Å². The summed E-state index contributed by atoms with van der Waals surface area (Å²) >= 11 is 0. The number of hydrogen-bond acceptors (Lipinski definition) is 6. The van der Waals surface area contributed by atoms with Gasteiger partial charge in [0.25, 0.3) is 0 Å². The molecule has 0 bridgehead atoms. The number of carbonyl (C=O) groups excluding carboxylic acids is 2. The second-order valence-corrected chi connectivity index (χ2v) is 8.05. The lowest BCUT2D eigenvalue weighted by atomic mass is 9.72. The highest BCUT2D eigenvalue weighted by molar-refractivity contribution is 5.92. The lowest BCUT2D eigenvalue weighted by molar-refractivity contribution is -0.149. The molecule has 0 aliphatic rings. The molecule has 2 aromatic carbocycles. The number of hydrogen-bond donors (Lipinski definition) is 4. The molecule has 2 aromatic rings. The van der Waals surface area contributed by atoms with Gasteiger partial charge in [-0.1, -0.05) is 81.4 Å². The molecule has 3 atom stereocenters. The lowest BCUT2D eigenvalue weighted by Crippen LogP contribution is -2.59. The number of rotatable bonds is 11. The predicted molar refractivity (Wildman–Crippen MR) is 119 cm³/mol. The molecule has 0 aliphatic heterocycles. The maximum Gasteiger partial charge on any atom is 0.421 e. The van der Waals surface area contributed by atoms with Crippen LogP contribution in [0.3, 0.4) is 0 Å². The molecule has 3 unspecified atom stereocenters. The number of nitrogens with one attached hydrogen (secondary N) is 2. The van der Waals surface area contributed by atoms with Gasteiger partial charge in [-0.2, -0.15) is 0 Å². The highest BCUT2D eigenvalue weighted by atomic mass is 16.6. The van der Waals surface area contributed by atoms with E-state index in [9.17, 15) is 24.6 Å². The SMILES string of the molecule is CCC(C(=O)C(C)(C)C(O)C(NNC(=O)OCc1ccccc1)C(=O)O)c1ccccc1. The average Bonchev–Trinajstić information content (AvgIpc) is 2.79. The van der Waals surface area contributed by atoms with Crippen molar-refractivity contribution in [1.82, 2.24) is 10.9 Å². The van der Waals surface area contributed by atoms with Crippen LogP contribution < -0.4 is 10.9 Å². The fourth-order valence-electron chi connectivity index (χ4n) is 3.44. The van der Waals surface area contributed by atoms with E-state index in [1.165, 1.54) is 13.8 Å². The van der Waals surface area contributed by atoms with Crippen molar-refractivity contribution in [2.75, 3.05) is 0 Å². The molecule has 2 rings (SSSR count). The molecule has 172 valence electrons. The van der Waals surface area contributed by atoms with Crippen molar-refractivity contribution in [2.24, 2.45) is 5.41 Å². The van der Waals surface area contributed by atoms with Crippen LogP contribution in [0.25, 0.3) is 0 Å². The third-order valence-corrected chi connectivity index (χ3v) is 5.43. The van der Waals surface area contributed by atoms with Gasteiger partial charge in [-0.15, -0.1) is 0 Å². The first-order valence-electron chi connectivity index (χ1n) is 10.4. The van der Waals surface area contributed by atoms with Crippen molar-refractivity contribution < 1.29 is 29.3 Å². The van der Waals surface area contributed by atoms with Gasteiger partial charge in [0.1, 0.15) is 12.4 Å². The summed E-state index contributed by atoms with van der Waals surface area (Å²) in [7, 11) is 0. The van der Waals surface area contributed by atoms with Crippen LogP contribution in [0.2, 0.25) is 0 Å². The van der Waals surface area contributed by atoms with Crippen LogP contribution in [0.5, 0.6) is 0 Å². The third kappa shape index (κ3) is 6.38. The molecule has 1 amide bonds. The Labute approximate surface area is 187 Å². The summed E-state index contributed by atoms with van der Waals surface area (Å²) in [4.78, 5) is 37.0. The maximum absolute atomic E-state index is 13.3. The van der Waals surface area contributed by atoms with Crippen LogP contribution in [0.15, 0.2) is 60.7 Å². The van der Waals surface area contributed by atoms with Crippen LogP contribution in [-0.4, -0.2) is 40.2 Å². The minimum atomic E-state index is -1.63. The molecule has 0 fully saturated rings. The Morgan fingerprint density at radius 2 is 1.56 bits per heavy atom. The zero-order valence-electron chi connectivity index (χ0n) is 18.4. The number of carboxylic acids is 1. The Kier molecular flexibility index (Phi) is 8.92. The fraction of sp³-hybridized carbons (Fsp3) is 0.375. The Balaban J connectivity index is 2.05. The number of carboxylic acid groups (broad SMARTS) is 1. The molecule has 0 aromatic heterocycles. The molecule has 8 nitrogen and oxygen atoms in total. The van der Waals surface area contributed by atoms with Crippen LogP contribution in [0.4, 0.5) is 4.79 Å². The van der Waals surface area contributed by atoms with Crippen molar-refractivity contribution in [3.05, 3.63) is 71.8 Å². The van der Waals surface area contributed by atoms with E-state index in [1.54, 1.807) is 24.3 Å². The fourth-order valence-corrected chi connectivity index (χ4v) is 3.44.